The van der Waals surface area contributed by atoms with Crippen molar-refractivity contribution in [1.82, 2.24) is 4.90 Å². The van der Waals surface area contributed by atoms with Crippen molar-refractivity contribution in [2.75, 3.05) is 34.4 Å². The van der Waals surface area contributed by atoms with Crippen molar-refractivity contribution in [3.63, 3.8) is 0 Å². The number of carbonyl (C=O) groups excluding carboxylic acids is 2. The minimum Gasteiger partial charge on any atom is -0.497 e. The van der Waals surface area contributed by atoms with Crippen LogP contribution in [0, 0.1) is 5.92 Å². The molecule has 6 heteroatoms. The summed E-state index contributed by atoms with van der Waals surface area (Å²) in [6.45, 7) is 5.92. The standard InChI is InChI=1S/C17H23NO5/c1-6-7-18(11-12(2)17(20)23-5)16(19)13-8-14(21-3)10-15(9-13)22-4/h6,8-10,12H,1,7,11H2,2-5H3. The lowest BCUT2D eigenvalue weighted by atomic mass is 10.1. The number of carbonyl (C=O) groups is 2. The zero-order chi connectivity index (χ0) is 17.4. The smallest absolute Gasteiger partial charge is 0.310 e. The molecule has 0 bridgehead atoms. The van der Waals surface area contributed by atoms with Crippen molar-refractivity contribution in [3.8, 4) is 11.5 Å². The Kier molecular flexibility index (Phi) is 7.12. The highest BCUT2D eigenvalue weighted by atomic mass is 16.5. The van der Waals surface area contributed by atoms with E-state index in [9.17, 15) is 9.59 Å². The SMILES string of the molecule is C=CCN(CC(C)C(=O)OC)C(=O)c1cc(OC)cc(OC)c1. The van der Waals surface area contributed by atoms with E-state index in [4.69, 9.17) is 14.2 Å². The Bertz CT molecular complexity index is 548. The summed E-state index contributed by atoms with van der Waals surface area (Å²) in [6.07, 6.45) is 1.61. The molecule has 0 N–H and O–H groups in total. The lowest BCUT2D eigenvalue weighted by Gasteiger charge is -2.24. The third-order valence-corrected chi connectivity index (χ3v) is 3.33. The summed E-state index contributed by atoms with van der Waals surface area (Å²) in [5, 5.41) is 0. The summed E-state index contributed by atoms with van der Waals surface area (Å²) in [5.41, 5.74) is 0.417. The van der Waals surface area contributed by atoms with E-state index < -0.39 is 5.92 Å². The Labute approximate surface area is 136 Å². The van der Waals surface area contributed by atoms with Gasteiger partial charge in [-0.05, 0) is 12.1 Å². The predicted molar refractivity (Wildman–Crippen MR) is 86.8 cm³/mol. The first kappa shape index (κ1) is 18.5. The fraction of sp³-hybridized carbons (Fsp3) is 0.412. The van der Waals surface area contributed by atoms with Crippen molar-refractivity contribution in [2.24, 2.45) is 5.92 Å². The number of ether oxygens (including phenoxy) is 3. The van der Waals surface area contributed by atoms with Crippen molar-refractivity contribution < 1.29 is 23.8 Å². The van der Waals surface area contributed by atoms with Crippen molar-refractivity contribution in [3.05, 3.63) is 36.4 Å². The highest BCUT2D eigenvalue weighted by molar-refractivity contribution is 5.95. The molecule has 0 aliphatic carbocycles. The van der Waals surface area contributed by atoms with E-state index in [1.54, 1.807) is 31.2 Å². The number of amides is 1. The van der Waals surface area contributed by atoms with Gasteiger partial charge in [-0.2, -0.15) is 0 Å². The molecule has 0 aromatic heterocycles. The van der Waals surface area contributed by atoms with Gasteiger partial charge in [0.25, 0.3) is 5.91 Å². The molecule has 6 nitrogen and oxygen atoms in total. The molecule has 0 spiro atoms. The average molecular weight is 321 g/mol. The van der Waals surface area contributed by atoms with Crippen molar-refractivity contribution in [2.45, 2.75) is 6.92 Å². The van der Waals surface area contributed by atoms with Crippen molar-refractivity contribution >= 4 is 11.9 Å². The highest BCUT2D eigenvalue weighted by Gasteiger charge is 2.22. The summed E-state index contributed by atoms with van der Waals surface area (Å²) in [7, 11) is 4.36. The quantitative estimate of drug-likeness (QED) is 0.542. The number of nitrogens with zero attached hydrogens (tertiary/aromatic N) is 1. The van der Waals surface area contributed by atoms with Crippen LogP contribution in [0.5, 0.6) is 11.5 Å². The largest absolute Gasteiger partial charge is 0.497 e. The Balaban J connectivity index is 3.05. The van der Waals surface area contributed by atoms with E-state index in [-0.39, 0.29) is 18.4 Å². The van der Waals surface area contributed by atoms with Crippen LogP contribution in [0.15, 0.2) is 30.9 Å². The Morgan fingerprint density at radius 3 is 2.17 bits per heavy atom. The second-order valence-corrected chi connectivity index (χ2v) is 5.02. The van der Waals surface area contributed by atoms with Crippen LogP contribution in [0.25, 0.3) is 0 Å². The molecule has 1 aromatic rings. The van der Waals surface area contributed by atoms with Gasteiger partial charge >= 0.3 is 5.97 Å². The summed E-state index contributed by atoms with van der Waals surface area (Å²) in [5.74, 6) is 0.00359. The maximum Gasteiger partial charge on any atom is 0.310 e. The van der Waals surface area contributed by atoms with Gasteiger partial charge in [0.2, 0.25) is 0 Å². The molecule has 1 unspecified atom stereocenters. The molecule has 1 amide bonds. The molecule has 126 valence electrons. The zero-order valence-corrected chi connectivity index (χ0v) is 14.0. The topological polar surface area (TPSA) is 65.1 Å². The van der Waals surface area contributed by atoms with E-state index in [0.717, 1.165) is 0 Å². The molecule has 0 aliphatic rings. The predicted octanol–water partition coefficient (Wildman–Crippen LogP) is 2.14. The number of hydrogen-bond donors (Lipinski definition) is 0. The lowest BCUT2D eigenvalue weighted by Crippen LogP contribution is -2.37. The molecule has 23 heavy (non-hydrogen) atoms. The summed E-state index contributed by atoms with van der Waals surface area (Å²) in [4.78, 5) is 25.8. The van der Waals surface area contributed by atoms with E-state index in [2.05, 4.69) is 6.58 Å². The van der Waals surface area contributed by atoms with E-state index in [0.29, 0.717) is 23.6 Å². The maximum absolute atomic E-state index is 12.7. The van der Waals surface area contributed by atoms with Crippen LogP contribution in [0.2, 0.25) is 0 Å². The molecule has 1 atom stereocenters. The highest BCUT2D eigenvalue weighted by Crippen LogP contribution is 2.23. The minimum absolute atomic E-state index is 0.233. The molecule has 0 radical (unpaired) electrons. The van der Waals surface area contributed by atoms with Crippen LogP contribution >= 0.6 is 0 Å². The molecule has 0 heterocycles. The van der Waals surface area contributed by atoms with E-state index >= 15 is 0 Å². The molecular formula is C17H23NO5. The van der Waals surface area contributed by atoms with Crippen LogP contribution < -0.4 is 9.47 Å². The number of methoxy groups -OCH3 is 3. The van der Waals surface area contributed by atoms with Gasteiger partial charge in [-0.1, -0.05) is 13.0 Å². The summed E-state index contributed by atoms with van der Waals surface area (Å²) in [6, 6.07) is 4.94. The van der Waals surface area contributed by atoms with E-state index in [1.165, 1.54) is 26.2 Å². The van der Waals surface area contributed by atoms with Crippen LogP contribution in [-0.4, -0.2) is 51.2 Å². The molecule has 0 saturated heterocycles. The van der Waals surface area contributed by atoms with Gasteiger partial charge in [-0.15, -0.1) is 6.58 Å². The van der Waals surface area contributed by atoms with Crippen LogP contribution in [-0.2, 0) is 9.53 Å². The third kappa shape index (κ3) is 5.02. The van der Waals surface area contributed by atoms with E-state index in [1.807, 2.05) is 0 Å². The third-order valence-electron chi connectivity index (χ3n) is 3.33. The molecule has 0 saturated carbocycles. The molecule has 1 rings (SSSR count). The number of hydrogen-bond acceptors (Lipinski definition) is 5. The second-order valence-electron chi connectivity index (χ2n) is 5.02. The number of esters is 1. The van der Waals surface area contributed by atoms with Crippen molar-refractivity contribution in [1.29, 1.82) is 0 Å². The van der Waals surface area contributed by atoms with Gasteiger partial charge in [-0.25, -0.2) is 0 Å². The van der Waals surface area contributed by atoms with Gasteiger partial charge in [0.1, 0.15) is 11.5 Å². The van der Waals surface area contributed by atoms with Gasteiger partial charge in [-0.3, -0.25) is 9.59 Å². The molecule has 1 aromatic carbocycles. The van der Waals surface area contributed by atoms with Crippen LogP contribution in [0.3, 0.4) is 0 Å². The fourth-order valence-corrected chi connectivity index (χ4v) is 2.12. The zero-order valence-electron chi connectivity index (χ0n) is 14.0. The monoisotopic (exact) mass is 321 g/mol. The average Bonchev–Trinajstić information content (AvgIpc) is 2.59. The maximum atomic E-state index is 12.7. The number of rotatable bonds is 8. The minimum atomic E-state index is -0.434. The number of benzene rings is 1. The molecule has 0 fully saturated rings. The lowest BCUT2D eigenvalue weighted by molar-refractivity contribution is -0.145. The van der Waals surface area contributed by atoms with Gasteiger partial charge in [0, 0.05) is 24.7 Å². The van der Waals surface area contributed by atoms with Crippen LogP contribution in [0.4, 0.5) is 0 Å². The first-order chi connectivity index (χ1) is 11.0. The Hall–Kier alpha value is -2.50. The fourth-order valence-electron chi connectivity index (χ4n) is 2.12. The molecule has 0 aliphatic heterocycles. The van der Waals surface area contributed by atoms with Crippen LogP contribution in [0.1, 0.15) is 17.3 Å². The Morgan fingerprint density at radius 2 is 1.74 bits per heavy atom. The van der Waals surface area contributed by atoms with Gasteiger partial charge in [0.15, 0.2) is 0 Å². The Morgan fingerprint density at radius 1 is 1.17 bits per heavy atom. The first-order valence-electron chi connectivity index (χ1n) is 7.17. The second kappa shape index (κ2) is 8.82. The van der Waals surface area contributed by atoms with Gasteiger partial charge in [0.05, 0.1) is 27.2 Å². The first-order valence-corrected chi connectivity index (χ1v) is 7.17. The normalized spacial score (nSPS) is 11.3. The summed E-state index contributed by atoms with van der Waals surface area (Å²) < 4.78 is 15.1. The van der Waals surface area contributed by atoms with Gasteiger partial charge < -0.3 is 19.1 Å². The summed E-state index contributed by atoms with van der Waals surface area (Å²) >= 11 is 0. The molecular weight excluding hydrogens is 298 g/mol.